The normalized spacial score (nSPS) is 25.2. The summed E-state index contributed by atoms with van der Waals surface area (Å²) in [4.78, 5) is 37.4. The molecule has 4 atom stereocenters. The number of rotatable bonds is 3. The number of carbonyl (C=O) groups excluding carboxylic acids is 3. The van der Waals surface area contributed by atoms with Gasteiger partial charge in [0.25, 0.3) is 0 Å². The van der Waals surface area contributed by atoms with Gasteiger partial charge < -0.3 is 15.2 Å². The molecule has 9 heteroatoms. The van der Waals surface area contributed by atoms with Crippen LogP contribution in [0, 0.1) is 0 Å². The molecule has 0 aromatic heterocycles. The van der Waals surface area contributed by atoms with Crippen molar-refractivity contribution in [1.82, 2.24) is 5.32 Å². The highest BCUT2D eigenvalue weighted by Gasteiger charge is 2.44. The van der Waals surface area contributed by atoms with Crippen molar-refractivity contribution in [2.75, 3.05) is 0 Å². The molecule has 0 unspecified atom stereocenters. The van der Waals surface area contributed by atoms with Crippen LogP contribution in [0.3, 0.4) is 0 Å². The monoisotopic (exact) mass is 447 g/mol. The molecule has 0 radical (unpaired) electrons. The van der Waals surface area contributed by atoms with Crippen LogP contribution in [0.25, 0.3) is 0 Å². The molecule has 0 bridgehead atoms. The Bertz CT molecular complexity index is 1100. The van der Waals surface area contributed by atoms with Crippen molar-refractivity contribution < 1.29 is 37.4 Å². The summed E-state index contributed by atoms with van der Waals surface area (Å²) >= 11 is 0. The van der Waals surface area contributed by atoms with Crippen LogP contribution < -0.4 is 5.32 Å². The Balaban J connectivity index is 1.61. The first-order chi connectivity index (χ1) is 15.1. The fourth-order valence-corrected chi connectivity index (χ4v) is 4.35. The Labute approximate surface area is 181 Å². The topological polar surface area (TPSA) is 92.7 Å². The molecule has 2 aromatic rings. The third-order valence-electron chi connectivity index (χ3n) is 5.88. The van der Waals surface area contributed by atoms with Crippen molar-refractivity contribution in [3.05, 3.63) is 70.3 Å². The molecule has 32 heavy (non-hydrogen) atoms. The van der Waals surface area contributed by atoms with E-state index in [9.17, 15) is 32.7 Å². The van der Waals surface area contributed by atoms with Gasteiger partial charge in [-0.25, -0.2) is 0 Å². The van der Waals surface area contributed by atoms with Crippen LogP contribution >= 0.6 is 0 Å². The number of amides is 1. The van der Waals surface area contributed by atoms with Gasteiger partial charge >= 0.3 is 12.1 Å². The third-order valence-corrected chi connectivity index (χ3v) is 5.88. The van der Waals surface area contributed by atoms with Crippen LogP contribution in [0.4, 0.5) is 13.2 Å². The van der Waals surface area contributed by atoms with Gasteiger partial charge in [0.2, 0.25) is 0 Å². The number of ketones is 2. The van der Waals surface area contributed by atoms with Crippen LogP contribution in [0.2, 0.25) is 0 Å². The Hall–Kier alpha value is -3.04. The summed E-state index contributed by atoms with van der Waals surface area (Å²) in [7, 11) is 0. The second-order valence-electron chi connectivity index (χ2n) is 8.01. The van der Waals surface area contributed by atoms with E-state index in [0.29, 0.717) is 16.7 Å². The Morgan fingerprint density at radius 3 is 2.34 bits per heavy atom. The summed E-state index contributed by atoms with van der Waals surface area (Å²) in [6.07, 6.45) is -7.88. The maximum atomic E-state index is 13.1. The minimum atomic E-state index is -5.07. The zero-order valence-corrected chi connectivity index (χ0v) is 17.0. The summed E-state index contributed by atoms with van der Waals surface area (Å²) in [6, 6.07) is 10.2. The van der Waals surface area contributed by atoms with E-state index in [0.717, 1.165) is 0 Å². The van der Waals surface area contributed by atoms with Crippen molar-refractivity contribution in [2.45, 2.75) is 50.3 Å². The van der Waals surface area contributed by atoms with Crippen molar-refractivity contribution in [3.8, 4) is 0 Å². The number of aliphatic hydroxyl groups excluding tert-OH is 1. The molecule has 1 aliphatic carbocycles. The highest BCUT2D eigenvalue weighted by atomic mass is 19.4. The molecule has 2 N–H and O–H groups in total. The van der Waals surface area contributed by atoms with E-state index in [2.05, 4.69) is 0 Å². The highest BCUT2D eigenvalue weighted by molar-refractivity contribution is 6.28. The van der Waals surface area contributed by atoms with Crippen LogP contribution in [0.5, 0.6) is 0 Å². The van der Waals surface area contributed by atoms with E-state index in [1.165, 1.54) is 6.92 Å². The molecule has 2 aromatic carbocycles. The third kappa shape index (κ3) is 3.93. The number of alkyl halides is 3. The first kappa shape index (κ1) is 22.2. The summed E-state index contributed by atoms with van der Waals surface area (Å²) in [6.45, 7) is 1.49. The van der Waals surface area contributed by atoms with Gasteiger partial charge in [-0.1, -0.05) is 42.5 Å². The summed E-state index contributed by atoms with van der Waals surface area (Å²) in [5.74, 6) is -2.72. The number of nitrogens with one attached hydrogen (secondary N) is 1. The van der Waals surface area contributed by atoms with Gasteiger partial charge in [-0.15, -0.1) is 0 Å². The number of benzene rings is 2. The Morgan fingerprint density at radius 2 is 1.69 bits per heavy atom. The van der Waals surface area contributed by atoms with E-state index in [1.807, 2.05) is 5.32 Å². The molecule has 1 saturated heterocycles. The predicted octanol–water partition coefficient (Wildman–Crippen LogP) is 2.59. The zero-order valence-electron chi connectivity index (χ0n) is 17.0. The van der Waals surface area contributed by atoms with Gasteiger partial charge in [-0.3, -0.25) is 14.4 Å². The van der Waals surface area contributed by atoms with Crippen LogP contribution in [0.15, 0.2) is 42.5 Å². The minimum Gasteiger partial charge on any atom is -0.388 e. The summed E-state index contributed by atoms with van der Waals surface area (Å²) in [5, 5.41) is 12.0. The van der Waals surface area contributed by atoms with Crippen molar-refractivity contribution >= 4 is 17.5 Å². The molecule has 4 rings (SSSR count). The lowest BCUT2D eigenvalue weighted by atomic mass is 9.80. The van der Waals surface area contributed by atoms with Gasteiger partial charge in [0, 0.05) is 22.3 Å². The molecule has 1 fully saturated rings. The van der Waals surface area contributed by atoms with Gasteiger partial charge in [0.05, 0.1) is 18.2 Å². The number of carbonyl (C=O) groups is 3. The largest absolute Gasteiger partial charge is 0.471 e. The first-order valence-corrected chi connectivity index (χ1v) is 10.1. The fourth-order valence-electron chi connectivity index (χ4n) is 4.35. The number of ether oxygens (including phenoxy) is 1. The first-order valence-electron chi connectivity index (χ1n) is 10.1. The molecule has 0 saturated carbocycles. The van der Waals surface area contributed by atoms with Crippen molar-refractivity contribution in [1.29, 1.82) is 0 Å². The molecule has 1 heterocycles. The van der Waals surface area contributed by atoms with Gasteiger partial charge in [0.1, 0.15) is 6.10 Å². The maximum absolute atomic E-state index is 13.1. The van der Waals surface area contributed by atoms with E-state index >= 15 is 0 Å². The molecule has 6 nitrogen and oxygen atoms in total. The van der Waals surface area contributed by atoms with Gasteiger partial charge in [-0.2, -0.15) is 13.2 Å². The Kier molecular flexibility index (Phi) is 5.64. The second kappa shape index (κ2) is 8.14. The maximum Gasteiger partial charge on any atom is 0.471 e. The van der Waals surface area contributed by atoms with E-state index < -0.39 is 36.4 Å². The van der Waals surface area contributed by atoms with Crippen LogP contribution in [-0.4, -0.2) is 53.1 Å². The fraction of sp³-hybridized carbons (Fsp3) is 0.348. The predicted molar refractivity (Wildman–Crippen MR) is 106 cm³/mol. The minimum absolute atomic E-state index is 0.0876. The van der Waals surface area contributed by atoms with E-state index in [1.54, 1.807) is 42.5 Å². The standard InChI is InChI=1S/C23H20F3NO5/c1-11-19(28)17(27-22(31)23(24,25)26)10-13(32-11)9-12-5-4-8-16-18(12)21(30)15-7-3-2-6-14(15)20(16)29/h2-8,11,13,17,19,28H,9-10H2,1H3,(H,27,31)/t11-,13+,17+,19+/m1/s1. The van der Waals surface area contributed by atoms with Crippen LogP contribution in [0.1, 0.15) is 50.8 Å². The summed E-state index contributed by atoms with van der Waals surface area (Å²) < 4.78 is 43.7. The number of fused-ring (bicyclic) bond motifs is 2. The number of aliphatic hydroxyl groups is 1. The van der Waals surface area contributed by atoms with Crippen molar-refractivity contribution in [3.63, 3.8) is 0 Å². The van der Waals surface area contributed by atoms with Crippen molar-refractivity contribution in [2.24, 2.45) is 0 Å². The molecule has 0 spiro atoms. The van der Waals surface area contributed by atoms with E-state index in [4.69, 9.17) is 4.74 Å². The number of hydrogen-bond donors (Lipinski definition) is 2. The lowest BCUT2D eigenvalue weighted by Crippen LogP contribution is -2.57. The lowest BCUT2D eigenvalue weighted by Gasteiger charge is -2.38. The highest BCUT2D eigenvalue weighted by Crippen LogP contribution is 2.32. The molecule has 168 valence electrons. The molecule has 1 amide bonds. The molecule has 2 aliphatic rings. The Morgan fingerprint density at radius 1 is 1.06 bits per heavy atom. The SMILES string of the molecule is C[C@H]1O[C@@H](Cc2cccc3c2C(=O)c2ccccc2C3=O)C[C@H](NC(=O)C(F)(F)F)[C@H]1O. The number of hydrogen-bond acceptors (Lipinski definition) is 5. The van der Waals surface area contributed by atoms with Gasteiger partial charge in [-0.05, 0) is 25.3 Å². The molecular formula is C23H20F3NO5. The molecular weight excluding hydrogens is 427 g/mol. The summed E-state index contributed by atoms with van der Waals surface area (Å²) in [5.41, 5.74) is 1.64. The lowest BCUT2D eigenvalue weighted by molar-refractivity contribution is -0.179. The number of halogens is 3. The molecule has 1 aliphatic heterocycles. The smallest absolute Gasteiger partial charge is 0.388 e. The van der Waals surface area contributed by atoms with Crippen LogP contribution in [-0.2, 0) is 16.0 Å². The van der Waals surface area contributed by atoms with E-state index in [-0.39, 0.29) is 35.5 Å². The average Bonchev–Trinajstić information content (AvgIpc) is 2.74. The second-order valence-corrected chi connectivity index (χ2v) is 8.01. The quantitative estimate of drug-likeness (QED) is 0.644. The zero-order chi connectivity index (χ0) is 23.2. The average molecular weight is 447 g/mol. The van der Waals surface area contributed by atoms with Gasteiger partial charge in [0.15, 0.2) is 11.6 Å².